The predicted molar refractivity (Wildman–Crippen MR) is 149 cm³/mol. The summed E-state index contributed by atoms with van der Waals surface area (Å²) in [5, 5.41) is 0. The van der Waals surface area contributed by atoms with Crippen molar-refractivity contribution >= 4 is 17.5 Å². The first kappa shape index (κ1) is 27.4. The van der Waals surface area contributed by atoms with Crippen LogP contribution in [0.3, 0.4) is 0 Å². The molecule has 0 aromatic carbocycles. The Morgan fingerprint density at radius 1 is 0.974 bits per heavy atom. The minimum Gasteiger partial charge on any atom is -0.348 e. The van der Waals surface area contributed by atoms with Crippen LogP contribution in [0.5, 0.6) is 0 Å². The van der Waals surface area contributed by atoms with E-state index in [-0.39, 0.29) is 57.2 Å². The minimum absolute atomic E-state index is 0.0197. The summed E-state index contributed by atoms with van der Waals surface area (Å²) in [4.78, 5) is 47.0. The van der Waals surface area contributed by atoms with E-state index in [1.54, 1.807) is 4.90 Å². The number of amides is 1. The van der Waals surface area contributed by atoms with Crippen LogP contribution in [0.4, 0.5) is 0 Å². The van der Waals surface area contributed by atoms with Gasteiger partial charge in [0.05, 0.1) is 12.0 Å². The third-order valence-corrected chi connectivity index (χ3v) is 12.7. The Kier molecular flexibility index (Phi) is 5.70. The molecule has 5 aliphatic rings. The van der Waals surface area contributed by atoms with Gasteiger partial charge in [0.25, 0.3) is 0 Å². The normalized spacial score (nSPS) is 44.8. The minimum atomic E-state index is -0.653. The summed E-state index contributed by atoms with van der Waals surface area (Å²) >= 11 is 0. The van der Waals surface area contributed by atoms with Gasteiger partial charge in [0.15, 0.2) is 11.6 Å². The lowest BCUT2D eigenvalue weighted by atomic mass is 9.34. The van der Waals surface area contributed by atoms with Crippen molar-refractivity contribution < 1.29 is 14.4 Å². The van der Waals surface area contributed by atoms with Crippen LogP contribution in [0.15, 0.2) is 23.4 Å². The van der Waals surface area contributed by atoms with Gasteiger partial charge in [0.1, 0.15) is 0 Å². The fourth-order valence-electron chi connectivity index (χ4n) is 10.4. The summed E-state index contributed by atoms with van der Waals surface area (Å²) in [6, 6.07) is 0. The molecule has 0 bridgehead atoms. The van der Waals surface area contributed by atoms with Gasteiger partial charge < -0.3 is 9.69 Å². The van der Waals surface area contributed by atoms with Crippen molar-refractivity contribution in [3.8, 4) is 0 Å². The number of nitrogens with zero attached hydrogens (tertiary/aromatic N) is 2. The largest absolute Gasteiger partial charge is 0.348 e. The maximum Gasteiger partial charge on any atom is 0.228 e. The lowest BCUT2D eigenvalue weighted by molar-refractivity contribution is -0.183. The summed E-state index contributed by atoms with van der Waals surface area (Å²) in [6.07, 6.45) is 10.1. The van der Waals surface area contributed by atoms with Gasteiger partial charge >= 0.3 is 0 Å². The lowest BCUT2D eigenvalue weighted by Gasteiger charge is -2.69. The van der Waals surface area contributed by atoms with E-state index in [0.717, 1.165) is 50.5 Å². The molecular weight excluding hydrogens is 472 g/mol. The zero-order valence-electron chi connectivity index (χ0n) is 25.0. The molecule has 0 heterocycles. The third-order valence-electron chi connectivity index (χ3n) is 12.7. The number of rotatable bonds is 1. The van der Waals surface area contributed by atoms with Gasteiger partial charge in [0.2, 0.25) is 11.6 Å². The summed E-state index contributed by atoms with van der Waals surface area (Å²) < 4.78 is 0. The summed E-state index contributed by atoms with van der Waals surface area (Å²) in [7, 11) is 3.72. The molecule has 0 aliphatic heterocycles. The molecule has 0 unspecified atom stereocenters. The van der Waals surface area contributed by atoms with Gasteiger partial charge in [-0.1, -0.05) is 60.1 Å². The summed E-state index contributed by atoms with van der Waals surface area (Å²) in [5.41, 5.74) is -0.750. The Morgan fingerprint density at radius 2 is 1.61 bits per heavy atom. The molecule has 1 amide bonds. The van der Waals surface area contributed by atoms with Crippen LogP contribution in [0, 0.1) is 56.8 Å². The number of ketones is 2. The van der Waals surface area contributed by atoms with E-state index < -0.39 is 16.2 Å². The smallest absolute Gasteiger partial charge is 0.228 e. The first-order valence-electron chi connectivity index (χ1n) is 14.5. The standard InChI is InChI=1S/C33H46N2O3/c1-28(2)13-15-33(27(38)35(9)10)16-14-32(7)25(20(33)18-28)22(36)17-24-30(5)19-21(34-8)26(37)29(3,4)23(30)11-12-31(24,32)6/h17,19-20,23,25H,11-16,18H2,1-7,9-10H3/t20-,23-,25-,30-,31+,32+,33-/m0/s1. The van der Waals surface area contributed by atoms with Crippen molar-refractivity contribution in [1.82, 2.24) is 4.90 Å². The molecule has 5 rings (SSSR count). The Morgan fingerprint density at radius 3 is 2.21 bits per heavy atom. The summed E-state index contributed by atoms with van der Waals surface area (Å²) in [5.74, 6) is 0.155. The van der Waals surface area contributed by atoms with Gasteiger partial charge in [0, 0.05) is 30.8 Å². The van der Waals surface area contributed by atoms with E-state index in [4.69, 9.17) is 6.57 Å². The van der Waals surface area contributed by atoms with Crippen molar-refractivity contribution in [3.05, 3.63) is 34.8 Å². The average Bonchev–Trinajstić information content (AvgIpc) is 2.82. The first-order chi connectivity index (χ1) is 17.4. The molecule has 206 valence electrons. The van der Waals surface area contributed by atoms with E-state index in [1.807, 2.05) is 40.1 Å². The predicted octanol–water partition coefficient (Wildman–Crippen LogP) is 6.65. The fraction of sp³-hybridized carbons (Fsp3) is 0.758. The molecule has 0 aromatic rings. The molecule has 5 aliphatic carbocycles. The van der Waals surface area contributed by atoms with Crippen LogP contribution in [-0.4, -0.2) is 36.5 Å². The number of carbonyl (C=O) groups excluding carboxylic acids is 3. The zero-order valence-corrected chi connectivity index (χ0v) is 25.0. The van der Waals surface area contributed by atoms with E-state index in [0.29, 0.717) is 0 Å². The van der Waals surface area contributed by atoms with Crippen LogP contribution in [0.2, 0.25) is 0 Å². The molecule has 38 heavy (non-hydrogen) atoms. The second-order valence-corrected chi connectivity index (χ2v) is 15.6. The van der Waals surface area contributed by atoms with Crippen LogP contribution in [-0.2, 0) is 14.4 Å². The molecule has 0 radical (unpaired) electrons. The van der Waals surface area contributed by atoms with E-state index >= 15 is 0 Å². The van der Waals surface area contributed by atoms with E-state index in [9.17, 15) is 14.4 Å². The monoisotopic (exact) mass is 518 g/mol. The van der Waals surface area contributed by atoms with Gasteiger partial charge in [-0.3, -0.25) is 9.59 Å². The maximum absolute atomic E-state index is 14.5. The van der Waals surface area contributed by atoms with Crippen molar-refractivity contribution in [1.29, 1.82) is 0 Å². The molecule has 7 atom stereocenters. The molecule has 0 spiro atoms. The highest BCUT2D eigenvalue weighted by molar-refractivity contribution is 6.03. The highest BCUT2D eigenvalue weighted by Crippen LogP contribution is 2.74. The number of hydrogen-bond donors (Lipinski definition) is 0. The number of Topliss-reactive ketones (excluding diaryl/α,β-unsaturated/α-hetero) is 1. The highest BCUT2D eigenvalue weighted by atomic mass is 16.2. The Labute approximate surface area is 229 Å². The maximum atomic E-state index is 14.5. The molecule has 0 aromatic heterocycles. The van der Waals surface area contributed by atoms with Crippen LogP contribution >= 0.6 is 0 Å². The summed E-state index contributed by atoms with van der Waals surface area (Å²) in [6.45, 7) is 23.2. The van der Waals surface area contributed by atoms with Gasteiger partial charge in [-0.05, 0) is 79.1 Å². The van der Waals surface area contributed by atoms with E-state index in [2.05, 4.69) is 39.5 Å². The molecule has 5 nitrogen and oxygen atoms in total. The lowest BCUT2D eigenvalue weighted by Crippen LogP contribution is -2.66. The topological polar surface area (TPSA) is 58.8 Å². The Hall–Kier alpha value is -2.22. The van der Waals surface area contributed by atoms with Crippen LogP contribution < -0.4 is 0 Å². The van der Waals surface area contributed by atoms with Crippen LogP contribution in [0.25, 0.3) is 4.85 Å². The Balaban J connectivity index is 1.71. The van der Waals surface area contributed by atoms with Crippen molar-refractivity contribution in [2.24, 2.45) is 50.2 Å². The molecule has 0 saturated heterocycles. The van der Waals surface area contributed by atoms with Crippen LogP contribution in [0.1, 0.15) is 93.4 Å². The van der Waals surface area contributed by atoms with Gasteiger partial charge in [-0.25, -0.2) is 4.85 Å². The molecule has 3 saturated carbocycles. The number of hydrogen-bond acceptors (Lipinski definition) is 3. The van der Waals surface area contributed by atoms with E-state index in [1.165, 1.54) is 0 Å². The molecule has 0 N–H and O–H groups in total. The molecule has 3 fully saturated rings. The fourth-order valence-corrected chi connectivity index (χ4v) is 10.4. The SMILES string of the molecule is [C-]#[N+]C1=C[C@]2(C)C3=CC(=O)[C@@H]4[C@@H]5CC(C)(C)CC[C@]5(C(=O)N(C)C)CC[C@@]4(C)[C@]3(C)CC[C@H]2C(C)(C)C1=O. The highest BCUT2D eigenvalue weighted by Gasteiger charge is 2.70. The third kappa shape index (κ3) is 3.18. The second-order valence-electron chi connectivity index (χ2n) is 15.6. The van der Waals surface area contributed by atoms with Crippen molar-refractivity contribution in [2.75, 3.05) is 14.1 Å². The number of allylic oxidation sites excluding steroid dienone is 4. The average molecular weight is 519 g/mol. The number of carbonyl (C=O) groups is 3. The quantitative estimate of drug-likeness (QED) is 0.365. The number of fused-ring (bicyclic) bond motifs is 7. The molecule has 5 heteroatoms. The van der Waals surface area contributed by atoms with Gasteiger partial charge in [-0.2, -0.15) is 0 Å². The van der Waals surface area contributed by atoms with Crippen molar-refractivity contribution in [3.63, 3.8) is 0 Å². The van der Waals surface area contributed by atoms with Crippen molar-refractivity contribution in [2.45, 2.75) is 93.4 Å². The zero-order chi connectivity index (χ0) is 28.3. The second kappa shape index (κ2) is 7.92. The van der Waals surface area contributed by atoms with Gasteiger partial charge in [-0.15, -0.1) is 0 Å². The first-order valence-corrected chi connectivity index (χ1v) is 14.5. The molecular formula is C33H46N2O3. The Bertz CT molecular complexity index is 1230.